The smallest absolute Gasteiger partial charge is 0.307 e. The lowest BCUT2D eigenvalue weighted by Gasteiger charge is -2.21. The highest BCUT2D eigenvalue weighted by molar-refractivity contribution is 5.85. The van der Waals surface area contributed by atoms with E-state index in [1.807, 2.05) is 6.92 Å². The summed E-state index contributed by atoms with van der Waals surface area (Å²) in [5, 5.41) is 12.0. The molecule has 1 amide bonds. The van der Waals surface area contributed by atoms with Gasteiger partial charge in [-0.2, -0.15) is 0 Å². The Bertz CT molecular complexity index is 278. The first kappa shape index (κ1) is 14.0. The fraction of sp³-hybridized carbons (Fsp3) is 0.846. The number of amides is 1. The second-order valence-corrected chi connectivity index (χ2v) is 4.88. The van der Waals surface area contributed by atoms with Gasteiger partial charge < -0.3 is 10.4 Å². The summed E-state index contributed by atoms with van der Waals surface area (Å²) >= 11 is 0. The van der Waals surface area contributed by atoms with Crippen molar-refractivity contribution in [3.63, 3.8) is 0 Å². The summed E-state index contributed by atoms with van der Waals surface area (Å²) in [6, 6.07) is 0.197. The highest BCUT2D eigenvalue weighted by Gasteiger charge is 2.38. The Balaban J connectivity index is 2.54. The first-order valence-corrected chi connectivity index (χ1v) is 6.63. The normalized spacial score (nSPS) is 25.5. The largest absolute Gasteiger partial charge is 0.481 e. The van der Waals surface area contributed by atoms with E-state index in [1.165, 1.54) is 0 Å². The van der Waals surface area contributed by atoms with Gasteiger partial charge in [0.05, 0.1) is 11.8 Å². The van der Waals surface area contributed by atoms with E-state index >= 15 is 0 Å². The quantitative estimate of drug-likeness (QED) is 0.749. The van der Waals surface area contributed by atoms with Crippen molar-refractivity contribution in [3.05, 3.63) is 0 Å². The monoisotopic (exact) mass is 241 g/mol. The molecule has 1 fully saturated rings. The molecule has 3 atom stereocenters. The number of rotatable bonds is 6. The molecule has 2 N–H and O–H groups in total. The molecule has 0 bridgehead atoms. The van der Waals surface area contributed by atoms with E-state index in [9.17, 15) is 9.59 Å². The van der Waals surface area contributed by atoms with E-state index in [2.05, 4.69) is 12.2 Å². The lowest BCUT2D eigenvalue weighted by atomic mass is 9.94. The maximum absolute atomic E-state index is 12.0. The van der Waals surface area contributed by atoms with Crippen LogP contribution >= 0.6 is 0 Å². The zero-order valence-electron chi connectivity index (χ0n) is 10.7. The Morgan fingerprint density at radius 3 is 2.47 bits per heavy atom. The van der Waals surface area contributed by atoms with Gasteiger partial charge in [0.2, 0.25) is 5.91 Å². The minimum atomic E-state index is -0.828. The minimum absolute atomic E-state index is 0.0600. The molecule has 4 nitrogen and oxygen atoms in total. The van der Waals surface area contributed by atoms with E-state index in [0.29, 0.717) is 12.8 Å². The van der Waals surface area contributed by atoms with Gasteiger partial charge in [-0.3, -0.25) is 9.59 Å². The summed E-state index contributed by atoms with van der Waals surface area (Å²) in [4.78, 5) is 23.0. The van der Waals surface area contributed by atoms with Crippen LogP contribution in [0.4, 0.5) is 0 Å². The number of carboxylic acids is 1. The van der Waals surface area contributed by atoms with Crippen LogP contribution in [-0.4, -0.2) is 23.0 Å². The zero-order chi connectivity index (χ0) is 12.8. The van der Waals surface area contributed by atoms with Gasteiger partial charge in [0, 0.05) is 6.04 Å². The number of hydrogen-bond donors (Lipinski definition) is 2. The van der Waals surface area contributed by atoms with Crippen molar-refractivity contribution in [1.82, 2.24) is 5.32 Å². The number of carbonyl (C=O) groups is 2. The van der Waals surface area contributed by atoms with Crippen molar-refractivity contribution in [2.75, 3.05) is 0 Å². The van der Waals surface area contributed by atoms with Crippen LogP contribution in [0.2, 0.25) is 0 Å². The molecule has 1 rings (SSSR count). The summed E-state index contributed by atoms with van der Waals surface area (Å²) in [5.74, 6) is -1.69. The highest BCUT2D eigenvalue weighted by atomic mass is 16.4. The maximum atomic E-state index is 12.0. The van der Waals surface area contributed by atoms with E-state index in [0.717, 1.165) is 25.7 Å². The zero-order valence-corrected chi connectivity index (χ0v) is 10.7. The number of carboxylic acid groups (broad SMARTS) is 1. The van der Waals surface area contributed by atoms with Crippen LogP contribution in [0.25, 0.3) is 0 Å². The van der Waals surface area contributed by atoms with Crippen molar-refractivity contribution in [3.8, 4) is 0 Å². The number of hydrogen-bond acceptors (Lipinski definition) is 2. The number of aliphatic carboxylic acids is 1. The van der Waals surface area contributed by atoms with Crippen molar-refractivity contribution < 1.29 is 14.7 Å². The first-order chi connectivity index (χ1) is 8.10. The molecule has 98 valence electrons. The minimum Gasteiger partial charge on any atom is -0.481 e. The molecule has 0 saturated heterocycles. The SMILES string of the molecule is CCCC(CC)NC(=O)C1CCCC1C(=O)O. The Labute approximate surface area is 103 Å². The Morgan fingerprint density at radius 2 is 1.94 bits per heavy atom. The summed E-state index contributed by atoms with van der Waals surface area (Å²) in [6.45, 7) is 4.13. The molecule has 0 aromatic heterocycles. The highest BCUT2D eigenvalue weighted by Crippen LogP contribution is 2.32. The van der Waals surface area contributed by atoms with Gasteiger partial charge in [-0.25, -0.2) is 0 Å². The van der Waals surface area contributed by atoms with Gasteiger partial charge >= 0.3 is 5.97 Å². The molecule has 1 aliphatic carbocycles. The van der Waals surface area contributed by atoms with Gasteiger partial charge in [0.15, 0.2) is 0 Å². The molecule has 0 radical (unpaired) electrons. The van der Waals surface area contributed by atoms with Crippen LogP contribution in [0.3, 0.4) is 0 Å². The van der Waals surface area contributed by atoms with E-state index in [-0.39, 0.29) is 17.9 Å². The molecular formula is C13H23NO3. The molecule has 1 saturated carbocycles. The first-order valence-electron chi connectivity index (χ1n) is 6.63. The topological polar surface area (TPSA) is 66.4 Å². The average Bonchev–Trinajstić information content (AvgIpc) is 2.77. The standard InChI is InChI=1S/C13H23NO3/c1-3-6-9(4-2)14-12(15)10-7-5-8-11(10)13(16)17/h9-11H,3-8H2,1-2H3,(H,14,15)(H,16,17). The van der Waals surface area contributed by atoms with Gasteiger partial charge in [-0.05, 0) is 25.7 Å². The van der Waals surface area contributed by atoms with Crippen LogP contribution in [-0.2, 0) is 9.59 Å². The lowest BCUT2D eigenvalue weighted by Crippen LogP contribution is -2.41. The van der Waals surface area contributed by atoms with E-state index < -0.39 is 11.9 Å². The maximum Gasteiger partial charge on any atom is 0.307 e. The second-order valence-electron chi connectivity index (χ2n) is 4.88. The lowest BCUT2D eigenvalue weighted by molar-refractivity contribution is -0.146. The van der Waals surface area contributed by atoms with Gasteiger partial charge in [0.1, 0.15) is 0 Å². The summed E-state index contributed by atoms with van der Waals surface area (Å²) in [6.07, 6.45) is 5.10. The molecule has 1 aliphatic rings. The van der Waals surface area contributed by atoms with Crippen molar-refractivity contribution in [2.45, 2.75) is 58.4 Å². The number of nitrogens with one attached hydrogen (secondary N) is 1. The van der Waals surface area contributed by atoms with E-state index in [1.54, 1.807) is 0 Å². The van der Waals surface area contributed by atoms with Crippen LogP contribution in [0, 0.1) is 11.8 Å². The van der Waals surface area contributed by atoms with Crippen LogP contribution in [0.15, 0.2) is 0 Å². The molecule has 17 heavy (non-hydrogen) atoms. The molecule has 0 heterocycles. The fourth-order valence-corrected chi connectivity index (χ4v) is 2.60. The second kappa shape index (κ2) is 6.62. The van der Waals surface area contributed by atoms with Crippen molar-refractivity contribution in [1.29, 1.82) is 0 Å². The van der Waals surface area contributed by atoms with E-state index in [4.69, 9.17) is 5.11 Å². The molecular weight excluding hydrogens is 218 g/mol. The van der Waals surface area contributed by atoms with Crippen LogP contribution in [0.1, 0.15) is 52.4 Å². The van der Waals surface area contributed by atoms with Crippen LogP contribution in [0.5, 0.6) is 0 Å². The predicted octanol–water partition coefficient (Wildman–Crippen LogP) is 2.18. The Hall–Kier alpha value is -1.06. The van der Waals surface area contributed by atoms with Gasteiger partial charge in [-0.15, -0.1) is 0 Å². The Kier molecular flexibility index (Phi) is 5.45. The molecule has 0 aromatic carbocycles. The molecule has 0 spiro atoms. The van der Waals surface area contributed by atoms with Crippen molar-refractivity contribution >= 4 is 11.9 Å². The summed E-state index contributed by atoms with van der Waals surface area (Å²) in [7, 11) is 0. The summed E-state index contributed by atoms with van der Waals surface area (Å²) < 4.78 is 0. The van der Waals surface area contributed by atoms with Gasteiger partial charge in [0.25, 0.3) is 0 Å². The third kappa shape index (κ3) is 3.72. The summed E-state index contributed by atoms with van der Waals surface area (Å²) in [5.41, 5.74) is 0. The third-order valence-corrected chi connectivity index (χ3v) is 3.65. The molecule has 3 unspecified atom stereocenters. The Morgan fingerprint density at radius 1 is 1.29 bits per heavy atom. The predicted molar refractivity (Wildman–Crippen MR) is 65.6 cm³/mol. The molecule has 4 heteroatoms. The van der Waals surface area contributed by atoms with Crippen LogP contribution < -0.4 is 5.32 Å². The van der Waals surface area contributed by atoms with Crippen molar-refractivity contribution in [2.24, 2.45) is 11.8 Å². The molecule has 0 aliphatic heterocycles. The van der Waals surface area contributed by atoms with Gasteiger partial charge in [-0.1, -0.05) is 26.7 Å². The third-order valence-electron chi connectivity index (χ3n) is 3.65. The molecule has 0 aromatic rings. The average molecular weight is 241 g/mol. The number of carbonyl (C=O) groups excluding carboxylic acids is 1. The fourth-order valence-electron chi connectivity index (χ4n) is 2.60.